The van der Waals surface area contributed by atoms with Crippen LogP contribution < -0.4 is 29.7 Å². The molecule has 0 unspecified atom stereocenters. The number of hydrogen-bond acceptors (Lipinski definition) is 4. The van der Waals surface area contributed by atoms with E-state index in [9.17, 15) is 0 Å². The molecule has 4 aromatic rings. The summed E-state index contributed by atoms with van der Waals surface area (Å²) in [6.07, 6.45) is 1.08. The molecular weight excluding hydrogens is 509 g/mol. The number of halogens is 1. The standard InChI is InChI=1S/C20H19NS4.HI/c1-12-8-10-22-19(12)16-5-6-17(24-16)20-13(2)11-18(25-20)15-4-3-14(23-15)7-9-21;/h3-6,8,10-11H,7,9,21H2,1-2H3;1H. The van der Waals surface area contributed by atoms with Gasteiger partial charge in [-0.15, -0.1) is 45.3 Å². The van der Waals surface area contributed by atoms with Gasteiger partial charge in [-0.2, -0.15) is 0 Å². The lowest BCUT2D eigenvalue weighted by atomic mass is 10.2. The lowest BCUT2D eigenvalue weighted by Gasteiger charge is -1.95. The summed E-state index contributed by atoms with van der Waals surface area (Å²) in [6.45, 7) is 5.39. The van der Waals surface area contributed by atoms with E-state index >= 15 is 0 Å². The van der Waals surface area contributed by atoms with Gasteiger partial charge in [-0.25, -0.2) is 0 Å². The molecule has 0 atom stereocenters. The van der Waals surface area contributed by atoms with Crippen LogP contribution in [0.15, 0.2) is 41.8 Å². The Kier molecular flexibility index (Phi) is 6.74. The predicted octanol–water partition coefficient (Wildman–Crippen LogP) is 3.34. The van der Waals surface area contributed by atoms with E-state index in [4.69, 9.17) is 0 Å². The molecule has 26 heavy (non-hydrogen) atoms. The Balaban J connectivity index is 0.00000196. The molecule has 0 amide bonds. The summed E-state index contributed by atoms with van der Waals surface area (Å²) in [5.41, 5.74) is 6.71. The van der Waals surface area contributed by atoms with Crippen LogP contribution in [0.3, 0.4) is 0 Å². The second-order valence-electron chi connectivity index (χ2n) is 6.09. The third-order valence-corrected chi connectivity index (χ3v) is 9.20. The van der Waals surface area contributed by atoms with Crippen LogP contribution in [0.2, 0.25) is 0 Å². The van der Waals surface area contributed by atoms with Gasteiger partial charge in [-0.05, 0) is 66.8 Å². The van der Waals surface area contributed by atoms with Gasteiger partial charge in [-0.3, -0.25) is 0 Å². The Morgan fingerprint density at radius 3 is 2.19 bits per heavy atom. The summed E-state index contributed by atoms with van der Waals surface area (Å²) in [6, 6.07) is 13.6. The van der Waals surface area contributed by atoms with Crippen molar-refractivity contribution in [1.29, 1.82) is 0 Å². The van der Waals surface area contributed by atoms with Crippen LogP contribution in [-0.4, -0.2) is 6.54 Å². The van der Waals surface area contributed by atoms with Crippen molar-refractivity contribution in [3.8, 4) is 29.3 Å². The molecule has 4 aromatic heterocycles. The van der Waals surface area contributed by atoms with E-state index in [-0.39, 0.29) is 24.0 Å². The van der Waals surface area contributed by atoms with Crippen molar-refractivity contribution < 1.29 is 29.7 Å². The van der Waals surface area contributed by atoms with Gasteiger partial charge < -0.3 is 29.7 Å². The maximum Gasteiger partial charge on any atom is 0.0788 e. The highest BCUT2D eigenvalue weighted by atomic mass is 127. The van der Waals surface area contributed by atoms with Crippen molar-refractivity contribution in [3.63, 3.8) is 0 Å². The van der Waals surface area contributed by atoms with E-state index < -0.39 is 0 Å². The average molecular weight is 530 g/mol. The lowest BCUT2D eigenvalue weighted by molar-refractivity contribution is -0.366. The zero-order valence-corrected chi connectivity index (χ0v) is 20.1. The molecule has 0 aromatic carbocycles. The number of rotatable bonds is 5. The van der Waals surface area contributed by atoms with Crippen molar-refractivity contribution in [3.05, 3.63) is 57.8 Å². The van der Waals surface area contributed by atoms with Crippen molar-refractivity contribution in [1.82, 2.24) is 0 Å². The summed E-state index contributed by atoms with van der Waals surface area (Å²) >= 11 is 7.57. The zero-order valence-electron chi connectivity index (χ0n) is 14.7. The first kappa shape index (κ1) is 20.2. The molecule has 0 radical (unpaired) electrons. The highest BCUT2D eigenvalue weighted by molar-refractivity contribution is 7.28. The van der Waals surface area contributed by atoms with Crippen molar-refractivity contribution in [2.45, 2.75) is 20.3 Å². The molecule has 0 saturated heterocycles. The molecule has 0 aliphatic heterocycles. The molecule has 4 rings (SSSR count). The van der Waals surface area contributed by atoms with Crippen LogP contribution in [0.5, 0.6) is 0 Å². The molecule has 1 nitrogen and oxygen atoms in total. The maximum atomic E-state index is 3.96. The van der Waals surface area contributed by atoms with Gasteiger partial charge in [0.05, 0.1) is 6.54 Å². The fourth-order valence-electron chi connectivity index (χ4n) is 2.87. The monoisotopic (exact) mass is 529 g/mol. The Bertz CT molecular complexity index is 1000. The van der Waals surface area contributed by atoms with Crippen LogP contribution in [0.4, 0.5) is 0 Å². The predicted molar refractivity (Wildman–Crippen MR) is 115 cm³/mol. The highest BCUT2D eigenvalue weighted by Crippen LogP contribution is 2.45. The van der Waals surface area contributed by atoms with E-state index in [0.717, 1.165) is 13.0 Å². The molecule has 0 bridgehead atoms. The number of aryl methyl sites for hydroxylation is 2. The van der Waals surface area contributed by atoms with Gasteiger partial charge in [0.25, 0.3) is 0 Å². The van der Waals surface area contributed by atoms with E-state index in [0.29, 0.717) is 0 Å². The molecular formula is C20H20INS4. The van der Waals surface area contributed by atoms with E-state index in [2.05, 4.69) is 61.4 Å². The molecule has 0 aliphatic carbocycles. The third kappa shape index (κ3) is 4.00. The number of quaternary nitrogens is 1. The molecule has 6 heteroatoms. The molecule has 0 aliphatic rings. The fourth-order valence-corrected chi connectivity index (χ4v) is 7.48. The highest BCUT2D eigenvalue weighted by Gasteiger charge is 2.14. The third-order valence-electron chi connectivity index (χ3n) is 4.16. The SMILES string of the molecule is Cc1ccsc1-c1ccc(-c2sc(-c3ccc(CC[NH3+])s3)cc2C)s1.[I-]. The van der Waals surface area contributed by atoms with Gasteiger partial charge in [0, 0.05) is 40.6 Å². The van der Waals surface area contributed by atoms with E-state index in [1.54, 1.807) is 0 Å². The van der Waals surface area contributed by atoms with Crippen LogP contribution in [-0.2, 0) is 6.42 Å². The number of thiophene rings is 4. The first-order valence-electron chi connectivity index (χ1n) is 8.29. The minimum absolute atomic E-state index is 0. The minimum Gasteiger partial charge on any atom is -1.00 e. The van der Waals surface area contributed by atoms with E-state index in [1.165, 1.54) is 45.3 Å². The van der Waals surface area contributed by atoms with Crippen molar-refractivity contribution in [2.24, 2.45) is 0 Å². The average Bonchev–Trinajstić information content (AvgIpc) is 3.33. The van der Waals surface area contributed by atoms with Gasteiger partial charge in [-0.1, -0.05) is 0 Å². The maximum absolute atomic E-state index is 3.96. The Morgan fingerprint density at radius 1 is 0.769 bits per heavy atom. The zero-order chi connectivity index (χ0) is 17.4. The molecule has 4 heterocycles. The Labute approximate surface area is 187 Å². The van der Waals surface area contributed by atoms with Gasteiger partial charge in [0.1, 0.15) is 0 Å². The normalized spacial score (nSPS) is 10.9. The van der Waals surface area contributed by atoms with Crippen LogP contribution >= 0.6 is 45.3 Å². The smallest absolute Gasteiger partial charge is 0.0788 e. The summed E-state index contributed by atoms with van der Waals surface area (Å²) < 4.78 is 0. The van der Waals surface area contributed by atoms with Crippen LogP contribution in [0.1, 0.15) is 16.0 Å². The molecule has 0 saturated carbocycles. The van der Waals surface area contributed by atoms with Crippen LogP contribution in [0, 0.1) is 13.8 Å². The van der Waals surface area contributed by atoms with E-state index in [1.807, 2.05) is 45.3 Å². The molecule has 3 N–H and O–H groups in total. The second-order valence-corrected chi connectivity index (χ2v) is 10.3. The summed E-state index contributed by atoms with van der Waals surface area (Å²) in [7, 11) is 0. The largest absolute Gasteiger partial charge is 1.00 e. The van der Waals surface area contributed by atoms with Crippen molar-refractivity contribution >= 4 is 45.3 Å². The lowest BCUT2D eigenvalue weighted by Crippen LogP contribution is -3.00. The van der Waals surface area contributed by atoms with Crippen molar-refractivity contribution in [2.75, 3.05) is 6.54 Å². The van der Waals surface area contributed by atoms with Gasteiger partial charge in [0.15, 0.2) is 0 Å². The molecule has 0 fully saturated rings. The van der Waals surface area contributed by atoms with Crippen LogP contribution in [0.25, 0.3) is 29.3 Å². The fraction of sp³-hybridized carbons (Fsp3) is 0.200. The molecule has 0 spiro atoms. The Hall–Kier alpha value is -0.510. The Morgan fingerprint density at radius 2 is 1.50 bits per heavy atom. The summed E-state index contributed by atoms with van der Waals surface area (Å²) in [5, 5.41) is 2.18. The first-order valence-corrected chi connectivity index (χ1v) is 11.6. The topological polar surface area (TPSA) is 27.6 Å². The first-order chi connectivity index (χ1) is 12.2. The summed E-state index contributed by atoms with van der Waals surface area (Å²) in [4.78, 5) is 9.78. The van der Waals surface area contributed by atoms with Gasteiger partial charge >= 0.3 is 0 Å². The minimum atomic E-state index is 0. The summed E-state index contributed by atoms with van der Waals surface area (Å²) in [5.74, 6) is 0. The molecule has 136 valence electrons. The quantitative estimate of drug-likeness (QED) is 0.385. The number of hydrogen-bond donors (Lipinski definition) is 1. The second kappa shape index (κ2) is 8.67. The van der Waals surface area contributed by atoms with Gasteiger partial charge in [0.2, 0.25) is 0 Å².